The molecule has 3 N–H and O–H groups in total. The fourth-order valence-corrected chi connectivity index (χ4v) is 2.72. The van der Waals surface area contributed by atoms with Crippen molar-refractivity contribution in [3.05, 3.63) is 71.4 Å². The SMILES string of the molecule is Nc1cnc2cccc(C#Cc3ccc(C4=NCCN4)cc3)c2c1. The van der Waals surface area contributed by atoms with Gasteiger partial charge in [0.25, 0.3) is 0 Å². The highest BCUT2D eigenvalue weighted by atomic mass is 15.1. The van der Waals surface area contributed by atoms with Crippen molar-refractivity contribution in [2.75, 3.05) is 18.8 Å². The van der Waals surface area contributed by atoms with Crippen LogP contribution in [0.4, 0.5) is 5.69 Å². The van der Waals surface area contributed by atoms with Crippen molar-refractivity contribution in [2.24, 2.45) is 4.99 Å². The Hall–Kier alpha value is -3.32. The molecule has 0 bridgehead atoms. The van der Waals surface area contributed by atoms with Crippen LogP contribution in [0.5, 0.6) is 0 Å². The number of anilines is 1. The van der Waals surface area contributed by atoms with Crippen LogP contribution in [-0.4, -0.2) is 23.9 Å². The van der Waals surface area contributed by atoms with Gasteiger partial charge < -0.3 is 11.1 Å². The van der Waals surface area contributed by atoms with E-state index in [1.165, 1.54) is 0 Å². The van der Waals surface area contributed by atoms with Crippen LogP contribution in [0.25, 0.3) is 10.9 Å². The van der Waals surface area contributed by atoms with Crippen LogP contribution in [0.3, 0.4) is 0 Å². The molecule has 2 aromatic carbocycles. The van der Waals surface area contributed by atoms with E-state index in [4.69, 9.17) is 5.73 Å². The zero-order valence-electron chi connectivity index (χ0n) is 13.1. The average Bonchev–Trinajstić information content (AvgIpc) is 3.15. The predicted molar refractivity (Wildman–Crippen MR) is 98.0 cm³/mol. The number of nitrogen functional groups attached to an aromatic ring is 1. The highest BCUT2D eigenvalue weighted by Crippen LogP contribution is 2.18. The number of hydrogen-bond acceptors (Lipinski definition) is 4. The van der Waals surface area contributed by atoms with Crippen molar-refractivity contribution in [1.82, 2.24) is 10.3 Å². The summed E-state index contributed by atoms with van der Waals surface area (Å²) in [6, 6.07) is 16.0. The summed E-state index contributed by atoms with van der Waals surface area (Å²) in [7, 11) is 0. The van der Waals surface area contributed by atoms with Gasteiger partial charge in [-0.1, -0.05) is 30.0 Å². The lowest BCUT2D eigenvalue weighted by Gasteiger charge is -2.02. The van der Waals surface area contributed by atoms with Crippen LogP contribution >= 0.6 is 0 Å². The Labute approximate surface area is 140 Å². The van der Waals surface area contributed by atoms with Gasteiger partial charge in [-0.25, -0.2) is 0 Å². The van der Waals surface area contributed by atoms with E-state index in [9.17, 15) is 0 Å². The summed E-state index contributed by atoms with van der Waals surface area (Å²) in [5.41, 5.74) is 10.4. The molecule has 0 saturated carbocycles. The lowest BCUT2D eigenvalue weighted by Crippen LogP contribution is -2.19. The first-order chi connectivity index (χ1) is 11.8. The highest BCUT2D eigenvalue weighted by molar-refractivity contribution is 5.99. The number of pyridine rings is 1. The Bertz CT molecular complexity index is 992. The van der Waals surface area contributed by atoms with Crippen molar-refractivity contribution in [2.45, 2.75) is 0 Å². The van der Waals surface area contributed by atoms with Crippen molar-refractivity contribution in [3.63, 3.8) is 0 Å². The summed E-state index contributed by atoms with van der Waals surface area (Å²) >= 11 is 0. The van der Waals surface area contributed by atoms with E-state index in [1.54, 1.807) is 6.20 Å². The molecule has 0 unspecified atom stereocenters. The van der Waals surface area contributed by atoms with Crippen molar-refractivity contribution < 1.29 is 0 Å². The van der Waals surface area contributed by atoms with E-state index < -0.39 is 0 Å². The quantitative estimate of drug-likeness (QED) is 0.679. The van der Waals surface area contributed by atoms with E-state index in [1.807, 2.05) is 48.5 Å². The van der Waals surface area contributed by atoms with Crippen LogP contribution in [0.2, 0.25) is 0 Å². The zero-order valence-corrected chi connectivity index (χ0v) is 13.1. The number of fused-ring (bicyclic) bond motifs is 1. The molecular weight excluding hydrogens is 296 g/mol. The minimum Gasteiger partial charge on any atom is -0.397 e. The number of aromatic nitrogens is 1. The smallest absolute Gasteiger partial charge is 0.128 e. The molecule has 1 aliphatic heterocycles. The number of hydrogen-bond donors (Lipinski definition) is 2. The number of rotatable bonds is 1. The Kier molecular flexibility index (Phi) is 3.60. The third-order valence-corrected chi connectivity index (χ3v) is 3.92. The van der Waals surface area contributed by atoms with Crippen molar-refractivity contribution in [1.29, 1.82) is 0 Å². The third-order valence-electron chi connectivity index (χ3n) is 3.92. The van der Waals surface area contributed by atoms with Crippen LogP contribution in [0.15, 0.2) is 59.7 Å². The summed E-state index contributed by atoms with van der Waals surface area (Å²) in [4.78, 5) is 8.76. The first-order valence-electron chi connectivity index (χ1n) is 7.85. The van der Waals surface area contributed by atoms with Crippen molar-refractivity contribution in [3.8, 4) is 11.8 Å². The lowest BCUT2D eigenvalue weighted by atomic mass is 10.1. The summed E-state index contributed by atoms with van der Waals surface area (Å²) in [6.45, 7) is 1.75. The molecule has 1 aromatic heterocycles. The zero-order chi connectivity index (χ0) is 16.4. The number of nitrogens with two attached hydrogens (primary N) is 1. The average molecular weight is 312 g/mol. The van der Waals surface area contributed by atoms with Crippen LogP contribution in [-0.2, 0) is 0 Å². The fraction of sp³-hybridized carbons (Fsp3) is 0.100. The second kappa shape index (κ2) is 6.05. The van der Waals surface area contributed by atoms with Gasteiger partial charge in [0.05, 0.1) is 23.9 Å². The molecule has 4 nitrogen and oxygen atoms in total. The van der Waals surface area contributed by atoms with Gasteiger partial charge in [-0.05, 0) is 30.3 Å². The number of nitrogens with zero attached hydrogens (tertiary/aromatic N) is 2. The number of nitrogens with one attached hydrogen (secondary N) is 1. The highest BCUT2D eigenvalue weighted by Gasteiger charge is 2.06. The fourth-order valence-electron chi connectivity index (χ4n) is 2.72. The van der Waals surface area contributed by atoms with Gasteiger partial charge in [0.1, 0.15) is 5.84 Å². The maximum atomic E-state index is 5.85. The summed E-state index contributed by atoms with van der Waals surface area (Å²) in [5, 5.41) is 4.25. The van der Waals surface area contributed by atoms with Crippen LogP contribution in [0.1, 0.15) is 16.7 Å². The topological polar surface area (TPSA) is 63.3 Å². The Balaban J connectivity index is 1.66. The Morgan fingerprint density at radius 1 is 1.04 bits per heavy atom. The molecule has 0 saturated heterocycles. The second-order valence-electron chi connectivity index (χ2n) is 5.63. The Morgan fingerprint density at radius 2 is 1.92 bits per heavy atom. The second-order valence-corrected chi connectivity index (χ2v) is 5.63. The summed E-state index contributed by atoms with van der Waals surface area (Å²) in [6.07, 6.45) is 1.66. The molecule has 2 heterocycles. The summed E-state index contributed by atoms with van der Waals surface area (Å²) < 4.78 is 0. The number of benzene rings is 2. The van der Waals surface area contributed by atoms with Gasteiger partial charge >= 0.3 is 0 Å². The van der Waals surface area contributed by atoms with Gasteiger partial charge in [0.2, 0.25) is 0 Å². The molecule has 116 valence electrons. The number of aliphatic imine (C=N–C) groups is 1. The third kappa shape index (κ3) is 2.80. The molecule has 4 heteroatoms. The molecular formula is C20H16N4. The van der Waals surface area contributed by atoms with E-state index in [0.29, 0.717) is 5.69 Å². The van der Waals surface area contributed by atoms with Gasteiger partial charge in [-0.3, -0.25) is 9.98 Å². The molecule has 24 heavy (non-hydrogen) atoms. The van der Waals surface area contributed by atoms with E-state index in [-0.39, 0.29) is 0 Å². The van der Waals surface area contributed by atoms with E-state index >= 15 is 0 Å². The van der Waals surface area contributed by atoms with Gasteiger partial charge in [0, 0.05) is 28.6 Å². The maximum Gasteiger partial charge on any atom is 0.128 e. The minimum absolute atomic E-state index is 0.644. The summed E-state index contributed by atoms with van der Waals surface area (Å²) in [5.74, 6) is 7.40. The molecule has 0 radical (unpaired) electrons. The van der Waals surface area contributed by atoms with Crippen LogP contribution in [0, 0.1) is 11.8 Å². The molecule has 0 atom stereocenters. The predicted octanol–water partition coefficient (Wildman–Crippen LogP) is 2.57. The molecule has 4 rings (SSSR count). The first kappa shape index (κ1) is 14.3. The van der Waals surface area contributed by atoms with Crippen molar-refractivity contribution >= 4 is 22.4 Å². The maximum absolute atomic E-state index is 5.85. The largest absolute Gasteiger partial charge is 0.397 e. The molecule has 0 aliphatic carbocycles. The van der Waals surface area contributed by atoms with Gasteiger partial charge in [-0.15, -0.1) is 0 Å². The van der Waals surface area contributed by atoms with E-state index in [0.717, 1.165) is 46.5 Å². The lowest BCUT2D eigenvalue weighted by molar-refractivity contribution is 0.960. The van der Waals surface area contributed by atoms with Gasteiger partial charge in [0.15, 0.2) is 0 Å². The monoisotopic (exact) mass is 312 g/mol. The van der Waals surface area contributed by atoms with E-state index in [2.05, 4.69) is 27.1 Å². The van der Waals surface area contributed by atoms with Crippen LogP contribution < -0.4 is 11.1 Å². The van der Waals surface area contributed by atoms with Gasteiger partial charge in [-0.2, -0.15) is 0 Å². The normalized spacial score (nSPS) is 13.1. The Morgan fingerprint density at radius 3 is 2.71 bits per heavy atom. The molecule has 3 aromatic rings. The minimum atomic E-state index is 0.644. The molecule has 1 aliphatic rings. The first-order valence-corrected chi connectivity index (χ1v) is 7.85. The molecule has 0 spiro atoms. The standard InChI is InChI=1S/C20H16N4/c21-17-12-18-15(2-1-3-19(18)24-13-17)7-4-14-5-8-16(9-6-14)20-22-10-11-23-20/h1-3,5-6,8-9,12-13H,10-11,21H2,(H,22,23). The number of amidine groups is 1. The molecule has 0 fully saturated rings. The molecule has 0 amide bonds.